The Bertz CT molecular complexity index is 750. The van der Waals surface area contributed by atoms with Gasteiger partial charge in [-0.1, -0.05) is 43.6 Å². The van der Waals surface area contributed by atoms with Crippen LogP contribution in [0.25, 0.3) is 0 Å². The van der Waals surface area contributed by atoms with Crippen LogP contribution in [-0.2, 0) is 28.5 Å². The number of carbonyl (C=O) groups is 1. The second kappa shape index (κ2) is 16.9. The summed E-state index contributed by atoms with van der Waals surface area (Å²) >= 11 is 0. The Hall–Kier alpha value is -1.25. The van der Waals surface area contributed by atoms with Crippen LogP contribution in [0.2, 0.25) is 0 Å². The van der Waals surface area contributed by atoms with E-state index in [4.69, 9.17) is 23.7 Å². The number of methoxy groups -OCH3 is 1. The average molecular weight is 549 g/mol. The average Bonchev–Trinajstić information content (AvgIpc) is 3.27. The van der Waals surface area contributed by atoms with E-state index in [1.165, 1.54) is 39.2 Å². The van der Waals surface area contributed by atoms with Crippen molar-refractivity contribution in [3.8, 4) is 0 Å². The van der Waals surface area contributed by atoms with E-state index in [1.54, 1.807) is 0 Å². The molecule has 2 aliphatic heterocycles. The highest BCUT2D eigenvalue weighted by molar-refractivity contribution is 5.69. The van der Waals surface area contributed by atoms with Crippen molar-refractivity contribution in [3.63, 3.8) is 0 Å². The van der Waals surface area contributed by atoms with Crippen LogP contribution in [0.3, 0.4) is 0 Å². The van der Waals surface area contributed by atoms with Gasteiger partial charge in [-0.2, -0.15) is 0 Å². The van der Waals surface area contributed by atoms with E-state index in [-0.39, 0.29) is 42.6 Å². The zero-order valence-corrected chi connectivity index (χ0v) is 24.1. The number of unbranched alkanes of at least 4 members (excludes halogenated alkanes) is 1. The summed E-state index contributed by atoms with van der Waals surface area (Å²) in [7, 11) is 1.43. The van der Waals surface area contributed by atoms with E-state index in [0.29, 0.717) is 18.8 Å². The third-order valence-electron chi connectivity index (χ3n) is 8.99. The van der Waals surface area contributed by atoms with Gasteiger partial charge in [0.25, 0.3) is 0 Å². The van der Waals surface area contributed by atoms with Crippen molar-refractivity contribution in [1.29, 1.82) is 0 Å². The molecule has 39 heavy (non-hydrogen) atoms. The van der Waals surface area contributed by atoms with Crippen molar-refractivity contribution in [1.82, 2.24) is 0 Å². The minimum atomic E-state index is -0.427. The molecule has 0 aromatic heterocycles. The third kappa shape index (κ3) is 9.96. The smallest absolute Gasteiger partial charge is 0.305 e. The molecule has 7 atom stereocenters. The molecule has 7 nitrogen and oxygen atoms in total. The van der Waals surface area contributed by atoms with Crippen LogP contribution < -0.4 is 0 Å². The van der Waals surface area contributed by atoms with Gasteiger partial charge in [0.15, 0.2) is 12.6 Å². The highest BCUT2D eigenvalue weighted by atomic mass is 16.7. The van der Waals surface area contributed by atoms with Crippen molar-refractivity contribution >= 4 is 5.97 Å². The van der Waals surface area contributed by atoms with Crippen molar-refractivity contribution in [2.24, 2.45) is 17.8 Å². The monoisotopic (exact) mass is 548 g/mol. The Morgan fingerprint density at radius 2 is 1.67 bits per heavy atom. The fourth-order valence-electron chi connectivity index (χ4n) is 6.69. The van der Waals surface area contributed by atoms with Crippen LogP contribution >= 0.6 is 0 Å². The van der Waals surface area contributed by atoms with Gasteiger partial charge >= 0.3 is 5.97 Å². The van der Waals surface area contributed by atoms with Crippen LogP contribution in [0.5, 0.6) is 0 Å². The minimum Gasteiger partial charge on any atom is -0.469 e. The topological polar surface area (TPSA) is 83.5 Å². The van der Waals surface area contributed by atoms with Crippen LogP contribution in [0.15, 0.2) is 24.3 Å². The van der Waals surface area contributed by atoms with E-state index in [2.05, 4.69) is 24.3 Å². The quantitative estimate of drug-likeness (QED) is 0.166. The maximum atomic E-state index is 11.4. The lowest BCUT2D eigenvalue weighted by molar-refractivity contribution is -0.193. The second-order valence-corrected chi connectivity index (χ2v) is 11.9. The summed E-state index contributed by atoms with van der Waals surface area (Å²) in [5, 5.41) is 11.1. The molecular formula is C32H52O7. The molecular weight excluding hydrogens is 496 g/mol. The number of aliphatic hydroxyl groups excluding tert-OH is 1. The molecule has 0 aromatic carbocycles. The fourth-order valence-corrected chi connectivity index (χ4v) is 6.69. The molecule has 4 fully saturated rings. The molecule has 2 saturated heterocycles. The maximum Gasteiger partial charge on any atom is 0.305 e. The Morgan fingerprint density at radius 3 is 2.36 bits per heavy atom. The van der Waals surface area contributed by atoms with Gasteiger partial charge in [-0.25, -0.2) is 0 Å². The van der Waals surface area contributed by atoms with E-state index in [1.807, 2.05) is 0 Å². The van der Waals surface area contributed by atoms with Crippen molar-refractivity contribution in [3.05, 3.63) is 24.3 Å². The first kappa shape index (κ1) is 30.7. The number of aliphatic hydroxyl groups is 1. The maximum absolute atomic E-state index is 11.4. The van der Waals surface area contributed by atoms with Crippen molar-refractivity contribution < 1.29 is 33.6 Å². The first-order valence-corrected chi connectivity index (χ1v) is 15.8. The number of hydrogen-bond acceptors (Lipinski definition) is 7. The van der Waals surface area contributed by atoms with Gasteiger partial charge in [-0.15, -0.1) is 0 Å². The number of carbonyl (C=O) groups excluding carboxylic acids is 1. The fraction of sp³-hybridized carbons (Fsp3) is 0.844. The molecule has 2 heterocycles. The molecule has 0 radical (unpaired) electrons. The van der Waals surface area contributed by atoms with E-state index >= 15 is 0 Å². The Balaban J connectivity index is 1.43. The summed E-state index contributed by atoms with van der Waals surface area (Å²) < 4.78 is 29.7. The Morgan fingerprint density at radius 1 is 0.949 bits per heavy atom. The molecule has 0 aromatic rings. The second-order valence-electron chi connectivity index (χ2n) is 11.9. The standard InChI is InChI=1S/C32H52O7/c1-35-30(34)16-8-3-2-7-15-25-26(29(23-27(25)33)39-32-18-10-12-22-37-32)19-20-28(24-13-5-4-6-14-24)38-31-17-9-11-21-36-31/h2,7,19-20,24-29,31-33H,3-6,8-18,21-23H2,1H3/b7-2-,20-19+/t25-,26-,27+,28-,29-,31?,32?/m1/s1. The van der Waals surface area contributed by atoms with Gasteiger partial charge in [0.2, 0.25) is 0 Å². The van der Waals surface area contributed by atoms with Crippen LogP contribution in [0.1, 0.15) is 103 Å². The number of hydrogen-bond donors (Lipinski definition) is 1. The lowest BCUT2D eigenvalue weighted by atomic mass is 9.83. The number of allylic oxidation sites excluding steroid dienone is 2. The molecule has 2 unspecified atom stereocenters. The first-order chi connectivity index (χ1) is 19.1. The predicted octanol–water partition coefficient (Wildman–Crippen LogP) is 6.23. The zero-order chi connectivity index (χ0) is 27.3. The molecule has 4 rings (SSSR count). The number of esters is 1. The highest BCUT2D eigenvalue weighted by Gasteiger charge is 2.42. The predicted molar refractivity (Wildman–Crippen MR) is 150 cm³/mol. The van der Waals surface area contributed by atoms with Gasteiger partial charge < -0.3 is 28.8 Å². The zero-order valence-electron chi connectivity index (χ0n) is 24.1. The van der Waals surface area contributed by atoms with Gasteiger partial charge in [-0.3, -0.25) is 4.79 Å². The molecule has 2 aliphatic carbocycles. The van der Waals surface area contributed by atoms with E-state index < -0.39 is 6.10 Å². The van der Waals surface area contributed by atoms with Crippen LogP contribution in [0.4, 0.5) is 0 Å². The third-order valence-corrected chi connectivity index (χ3v) is 8.99. The van der Waals surface area contributed by atoms with Crippen LogP contribution in [0, 0.1) is 17.8 Å². The number of rotatable bonds is 13. The molecule has 1 N–H and O–H groups in total. The summed E-state index contributed by atoms with van der Waals surface area (Å²) in [5.41, 5.74) is 0. The highest BCUT2D eigenvalue weighted by Crippen LogP contribution is 2.40. The van der Waals surface area contributed by atoms with Gasteiger partial charge in [0.05, 0.1) is 25.4 Å². The molecule has 222 valence electrons. The summed E-state index contributed by atoms with van der Waals surface area (Å²) in [6.07, 6.45) is 24.1. The minimum absolute atomic E-state index is 0.0345. The molecule has 7 heteroatoms. The van der Waals surface area contributed by atoms with Crippen molar-refractivity contribution in [2.75, 3.05) is 20.3 Å². The lowest BCUT2D eigenvalue weighted by Crippen LogP contribution is -2.33. The normalized spacial score (nSPS) is 33.6. The van der Waals surface area contributed by atoms with Gasteiger partial charge in [0.1, 0.15) is 0 Å². The van der Waals surface area contributed by atoms with E-state index in [0.717, 1.165) is 71.0 Å². The van der Waals surface area contributed by atoms with Crippen molar-refractivity contribution in [2.45, 2.75) is 134 Å². The summed E-state index contributed by atoms with van der Waals surface area (Å²) in [6.45, 7) is 1.53. The largest absolute Gasteiger partial charge is 0.469 e. The van der Waals surface area contributed by atoms with Gasteiger partial charge in [0, 0.05) is 32.0 Å². The summed E-state index contributed by atoms with van der Waals surface area (Å²) in [6, 6.07) is 0. The summed E-state index contributed by atoms with van der Waals surface area (Å²) in [4.78, 5) is 11.4. The molecule has 0 bridgehead atoms. The molecule has 2 saturated carbocycles. The molecule has 0 amide bonds. The Labute approximate surface area is 235 Å². The lowest BCUT2D eigenvalue weighted by Gasteiger charge is -2.33. The Kier molecular flexibility index (Phi) is 13.3. The summed E-state index contributed by atoms with van der Waals surface area (Å²) in [5.74, 6) is 0.510. The van der Waals surface area contributed by atoms with E-state index in [9.17, 15) is 9.90 Å². The van der Waals surface area contributed by atoms with Crippen LogP contribution in [-0.4, -0.2) is 62.3 Å². The van der Waals surface area contributed by atoms with Gasteiger partial charge in [-0.05, 0) is 82.5 Å². The number of ether oxygens (including phenoxy) is 5. The molecule has 0 spiro atoms. The first-order valence-electron chi connectivity index (χ1n) is 15.8. The molecule has 4 aliphatic rings. The SMILES string of the molecule is COC(=O)CCC/C=C\C[C@@H]1[C@@H](/C=C/[C@@H](OC2CCCCO2)C2CCCCC2)[C@H](OC2CCCCO2)C[C@@H]1O.